The molecule has 220 valence electrons. The van der Waals surface area contributed by atoms with Crippen LogP contribution < -0.4 is 10.6 Å². The summed E-state index contributed by atoms with van der Waals surface area (Å²) in [5.74, 6) is 7.23. The van der Waals surface area contributed by atoms with Crippen molar-refractivity contribution in [1.82, 2.24) is 5.01 Å². The highest BCUT2D eigenvalue weighted by molar-refractivity contribution is 5.27. The molecule has 1 rings (SSSR count). The minimum absolute atomic E-state index is 0.0804. The van der Waals surface area contributed by atoms with Gasteiger partial charge in [-0.25, -0.2) is 5.84 Å². The van der Waals surface area contributed by atoms with Crippen molar-refractivity contribution in [3.8, 4) is 5.75 Å². The van der Waals surface area contributed by atoms with Crippen molar-refractivity contribution < 1.29 is 34.3 Å². The van der Waals surface area contributed by atoms with Gasteiger partial charge in [0.2, 0.25) is 0 Å². The highest BCUT2D eigenvalue weighted by Crippen LogP contribution is 2.14. The molecule has 0 aromatic heterocycles. The van der Waals surface area contributed by atoms with Crippen molar-refractivity contribution in [3.05, 3.63) is 41.6 Å². The number of nitrogens with two attached hydrogens (primary N) is 1. The molecular weight excluding hydrogens is 488 g/mol. The lowest BCUT2D eigenvalue weighted by atomic mass is 10.0. The van der Waals surface area contributed by atoms with Gasteiger partial charge in [-0.15, -0.1) is 0 Å². The Bertz CT molecular complexity index is 713. The number of benzene rings is 1. The predicted octanol–water partition coefficient (Wildman–Crippen LogP) is 3.06. The van der Waals surface area contributed by atoms with E-state index in [1.165, 1.54) is 5.57 Å². The molecule has 0 aliphatic carbocycles. The van der Waals surface area contributed by atoms with E-state index in [9.17, 15) is 10.2 Å². The molecular formula is C29H52N2O7. The Hall–Kier alpha value is -1.72. The van der Waals surface area contributed by atoms with Crippen molar-refractivity contribution in [3.63, 3.8) is 0 Å². The first-order chi connectivity index (χ1) is 18.3. The highest BCUT2D eigenvalue weighted by Gasteiger charge is 2.14. The first-order valence-corrected chi connectivity index (χ1v) is 13.9. The summed E-state index contributed by atoms with van der Waals surface area (Å²) in [6.45, 7) is 10.4. The third-order valence-corrected chi connectivity index (χ3v) is 6.02. The van der Waals surface area contributed by atoms with E-state index in [2.05, 4.69) is 6.92 Å². The van der Waals surface area contributed by atoms with Gasteiger partial charge in [0, 0.05) is 32.4 Å². The number of nitrogens with zero attached hydrogens (tertiary/aromatic N) is 1. The molecule has 0 bridgehead atoms. The van der Waals surface area contributed by atoms with Crippen molar-refractivity contribution in [2.75, 3.05) is 59.4 Å². The Balaban J connectivity index is 2.04. The monoisotopic (exact) mass is 540 g/mol. The Morgan fingerprint density at radius 2 is 1.68 bits per heavy atom. The van der Waals surface area contributed by atoms with E-state index in [0.717, 1.165) is 43.8 Å². The van der Waals surface area contributed by atoms with E-state index in [4.69, 9.17) is 29.9 Å². The molecule has 0 saturated heterocycles. The maximum Gasteiger partial charge on any atom is 0.119 e. The summed E-state index contributed by atoms with van der Waals surface area (Å²) in [7, 11) is 0. The fourth-order valence-corrected chi connectivity index (χ4v) is 3.81. The van der Waals surface area contributed by atoms with Gasteiger partial charge in [-0.2, -0.15) is 0 Å². The Morgan fingerprint density at radius 1 is 0.947 bits per heavy atom. The Labute approximate surface area is 229 Å². The van der Waals surface area contributed by atoms with Gasteiger partial charge in [-0.1, -0.05) is 24.6 Å². The van der Waals surface area contributed by atoms with Crippen LogP contribution in [0.1, 0.15) is 58.4 Å². The van der Waals surface area contributed by atoms with Crippen LogP contribution in [0.2, 0.25) is 0 Å². The van der Waals surface area contributed by atoms with E-state index in [-0.39, 0.29) is 19.6 Å². The molecule has 5 N–H and O–H groups in total. The topological polar surface area (TPSA) is 127 Å². The zero-order chi connectivity index (χ0) is 28.0. The summed E-state index contributed by atoms with van der Waals surface area (Å²) in [5.41, 5.74) is 2.28. The van der Waals surface area contributed by atoms with Gasteiger partial charge in [-0.05, 0) is 69.6 Å². The second kappa shape index (κ2) is 22.1. The number of allylic oxidation sites excluding steroid dienone is 1. The molecule has 9 heteroatoms. The van der Waals surface area contributed by atoms with Gasteiger partial charge >= 0.3 is 0 Å². The summed E-state index contributed by atoms with van der Waals surface area (Å²) in [4.78, 5) is 0. The van der Waals surface area contributed by atoms with Crippen LogP contribution in [0.5, 0.6) is 5.75 Å². The van der Waals surface area contributed by atoms with Gasteiger partial charge < -0.3 is 39.3 Å². The normalized spacial score (nSPS) is 13.7. The van der Waals surface area contributed by atoms with E-state index in [0.29, 0.717) is 51.7 Å². The van der Waals surface area contributed by atoms with E-state index < -0.39 is 12.2 Å². The van der Waals surface area contributed by atoms with Crippen molar-refractivity contribution in [1.29, 1.82) is 0 Å². The van der Waals surface area contributed by atoms with Crippen LogP contribution in [-0.2, 0) is 20.6 Å². The first kappa shape index (κ1) is 34.3. The highest BCUT2D eigenvalue weighted by atomic mass is 16.5. The lowest BCUT2D eigenvalue weighted by molar-refractivity contribution is -0.0199. The third-order valence-electron chi connectivity index (χ3n) is 6.02. The number of ether oxygens (including phenoxy) is 4. The van der Waals surface area contributed by atoms with Crippen molar-refractivity contribution >= 4 is 0 Å². The van der Waals surface area contributed by atoms with E-state index in [1.807, 2.05) is 44.3 Å². The summed E-state index contributed by atoms with van der Waals surface area (Å²) in [6, 6.07) is 7.85. The smallest absolute Gasteiger partial charge is 0.119 e. The van der Waals surface area contributed by atoms with Crippen molar-refractivity contribution in [2.24, 2.45) is 11.8 Å². The molecule has 0 fully saturated rings. The lowest BCUT2D eigenvalue weighted by Gasteiger charge is -2.18. The molecule has 38 heavy (non-hydrogen) atoms. The number of hydrogen-bond donors (Lipinski definition) is 4. The van der Waals surface area contributed by atoms with Gasteiger partial charge in [0.15, 0.2) is 0 Å². The van der Waals surface area contributed by atoms with Crippen LogP contribution in [0.4, 0.5) is 0 Å². The zero-order valence-corrected chi connectivity index (χ0v) is 23.7. The molecule has 0 spiro atoms. The molecule has 1 aromatic rings. The number of aliphatic hydroxyl groups excluding tert-OH is 3. The average molecular weight is 541 g/mol. The van der Waals surface area contributed by atoms with Crippen LogP contribution >= 0.6 is 0 Å². The standard InChI is InChI=1S/C29H52N2O7/c1-24(2)22-31(30)13-18-35-15-4-5-25(3)11-16-36-19-20-38-28-8-6-26(7-9-28)12-17-37-29(23-33)21-27(34)10-14-32/h6-9,22,25,27,29,32-34H,4-5,10-21,23,30H2,1-3H3. The SMILES string of the molecule is CC(C)=CN(N)CCOCCCC(C)CCOCCOc1ccc(CCOC(CO)CC(O)CCO)cc1. The molecule has 0 aliphatic heterocycles. The maximum atomic E-state index is 9.74. The number of hydrazine groups is 1. The largest absolute Gasteiger partial charge is 0.491 e. The Kier molecular flexibility index (Phi) is 20.0. The predicted molar refractivity (Wildman–Crippen MR) is 150 cm³/mol. The molecule has 3 atom stereocenters. The summed E-state index contributed by atoms with van der Waals surface area (Å²) < 4.78 is 22.8. The van der Waals surface area contributed by atoms with Crippen LogP contribution in [0.15, 0.2) is 36.0 Å². The van der Waals surface area contributed by atoms with Gasteiger partial charge in [0.25, 0.3) is 0 Å². The molecule has 0 aliphatic rings. The second-order valence-electron chi connectivity index (χ2n) is 10.0. The van der Waals surface area contributed by atoms with Gasteiger partial charge in [0.05, 0.1) is 45.2 Å². The lowest BCUT2D eigenvalue weighted by Crippen LogP contribution is -2.29. The summed E-state index contributed by atoms with van der Waals surface area (Å²) in [6.07, 6.45) is 5.28. The number of aliphatic hydroxyl groups is 3. The quantitative estimate of drug-likeness (QED) is 0.0889. The molecule has 3 unspecified atom stereocenters. The summed E-state index contributed by atoms with van der Waals surface area (Å²) >= 11 is 0. The van der Waals surface area contributed by atoms with Crippen molar-refractivity contribution in [2.45, 2.75) is 71.5 Å². The fourth-order valence-electron chi connectivity index (χ4n) is 3.81. The third kappa shape index (κ3) is 18.5. The molecule has 0 saturated carbocycles. The molecule has 0 radical (unpaired) electrons. The molecule has 0 amide bonds. The fraction of sp³-hybridized carbons (Fsp3) is 0.724. The van der Waals surface area contributed by atoms with E-state index >= 15 is 0 Å². The van der Waals surface area contributed by atoms with Crippen LogP contribution in [0.25, 0.3) is 0 Å². The minimum atomic E-state index is -0.668. The first-order valence-electron chi connectivity index (χ1n) is 13.9. The van der Waals surface area contributed by atoms with Crippen LogP contribution in [-0.4, -0.2) is 91.9 Å². The van der Waals surface area contributed by atoms with Gasteiger partial charge in [-0.3, -0.25) is 0 Å². The molecule has 1 aromatic carbocycles. The average Bonchev–Trinajstić information content (AvgIpc) is 2.88. The second-order valence-corrected chi connectivity index (χ2v) is 10.0. The minimum Gasteiger partial charge on any atom is -0.491 e. The maximum absolute atomic E-state index is 9.74. The van der Waals surface area contributed by atoms with Crippen LogP contribution in [0, 0.1) is 5.92 Å². The number of hydrogen-bond acceptors (Lipinski definition) is 9. The molecule has 0 heterocycles. The molecule has 9 nitrogen and oxygen atoms in total. The van der Waals surface area contributed by atoms with Crippen LogP contribution in [0.3, 0.4) is 0 Å². The number of rotatable bonds is 24. The summed E-state index contributed by atoms with van der Waals surface area (Å²) in [5, 5.41) is 29.7. The van der Waals surface area contributed by atoms with E-state index in [1.54, 1.807) is 5.01 Å². The Morgan fingerprint density at radius 3 is 2.37 bits per heavy atom. The van der Waals surface area contributed by atoms with Gasteiger partial charge in [0.1, 0.15) is 12.4 Å². The zero-order valence-electron chi connectivity index (χ0n) is 23.7.